The van der Waals surface area contributed by atoms with E-state index < -0.39 is 5.41 Å². The van der Waals surface area contributed by atoms with E-state index in [2.05, 4.69) is 251 Å². The van der Waals surface area contributed by atoms with Crippen LogP contribution in [0, 0.1) is 3.80 Å². The summed E-state index contributed by atoms with van der Waals surface area (Å²) in [5.74, 6) is 4.07. The van der Waals surface area contributed by atoms with Crippen LogP contribution in [-0.4, -0.2) is 18.7 Å². The SMILES string of the molecule is CC(C)(C)c1cc(-n2[c](=[Pt])n(-c3cccc(Oc4ccc5c6cc7c(cc6n(-c6ccccn6)c5c4)C4(c5ccccc5Oc5ccccc54)c4ccccc4-7)c3)c3ccccc32)cc(C(C)(C)C)c1. The van der Waals surface area contributed by atoms with Crippen molar-refractivity contribution in [3.05, 3.63) is 231 Å². The summed E-state index contributed by atoms with van der Waals surface area (Å²) in [7, 11) is 0. The van der Waals surface area contributed by atoms with Gasteiger partial charge < -0.3 is 4.74 Å². The van der Waals surface area contributed by atoms with Gasteiger partial charge in [-0.2, -0.15) is 0 Å². The first kappa shape index (κ1) is 42.6. The minimum absolute atomic E-state index is 0.0129. The fourth-order valence-corrected chi connectivity index (χ4v) is 12.3. The number of pyridine rings is 1. The zero-order valence-electron chi connectivity index (χ0n) is 39.9. The number of hydrogen-bond acceptors (Lipinski definition) is 3. The Morgan fingerprint density at radius 1 is 0.457 bits per heavy atom. The van der Waals surface area contributed by atoms with Crippen LogP contribution in [0.1, 0.15) is 74.9 Å². The summed E-state index contributed by atoms with van der Waals surface area (Å²) >= 11 is 2.50. The molecule has 70 heavy (non-hydrogen) atoms. The minimum atomic E-state index is -0.593. The van der Waals surface area contributed by atoms with Gasteiger partial charge in [0.25, 0.3) is 0 Å². The van der Waals surface area contributed by atoms with E-state index in [0.29, 0.717) is 0 Å². The molecule has 0 bridgehead atoms. The zero-order chi connectivity index (χ0) is 47.7. The molecule has 0 saturated heterocycles. The Labute approximate surface area is 418 Å². The van der Waals surface area contributed by atoms with Gasteiger partial charge in [-0.05, 0) is 40.5 Å². The predicted molar refractivity (Wildman–Crippen MR) is 279 cm³/mol. The van der Waals surface area contributed by atoms with Gasteiger partial charge in [-0.15, -0.1) is 0 Å². The summed E-state index contributed by atoms with van der Waals surface area (Å²) in [6.45, 7) is 13.8. The molecule has 8 aromatic carbocycles. The Balaban J connectivity index is 0.964. The summed E-state index contributed by atoms with van der Waals surface area (Å²) in [6.07, 6.45) is 1.87. The standard InChI is InChI=1S/C63H50N4O2.Pt/c1-61(2,3)40-32-41(62(4,5)6)34-43(33-40)66-39-65(54-24-11-12-25-55(54)66)42-18-17-19-44(35-42)68-45-29-30-47-49-37-48-46-20-7-8-21-50(46)63(51-22-9-13-26-58(51)69-59-27-14-10-23-52(59)63)53(48)38-57(49)67(56(47)36-45)60-28-15-16-31-64-60;/h7-38H,1-6H3;. The molecule has 0 unspecified atom stereocenters. The van der Waals surface area contributed by atoms with E-state index in [0.717, 1.165) is 88.0 Å². The van der Waals surface area contributed by atoms with Gasteiger partial charge in [-0.3, -0.25) is 0 Å². The van der Waals surface area contributed by atoms with Crippen molar-refractivity contribution in [2.24, 2.45) is 0 Å². The van der Waals surface area contributed by atoms with Gasteiger partial charge in [-0.25, -0.2) is 0 Å². The Bertz CT molecular complexity index is 3930. The molecule has 7 heteroatoms. The Hall–Kier alpha value is -7.53. The number of aromatic nitrogens is 4. The van der Waals surface area contributed by atoms with Gasteiger partial charge in [0.2, 0.25) is 0 Å². The molecular weight excluding hydrogens is 1040 g/mol. The third kappa shape index (κ3) is 6.35. The van der Waals surface area contributed by atoms with Crippen LogP contribution in [0.4, 0.5) is 0 Å². The fourth-order valence-electron chi connectivity index (χ4n) is 11.2. The summed E-state index contributed by atoms with van der Waals surface area (Å²) in [5.41, 5.74) is 15.8. The van der Waals surface area contributed by atoms with Crippen LogP contribution in [0.25, 0.3) is 61.2 Å². The molecule has 0 amide bonds. The van der Waals surface area contributed by atoms with E-state index in [9.17, 15) is 0 Å². The normalized spacial score (nSPS) is 13.6. The molecule has 0 saturated carbocycles. The second kappa shape index (κ2) is 15.5. The first-order valence-corrected chi connectivity index (χ1v) is 25.1. The van der Waals surface area contributed by atoms with Crippen molar-refractivity contribution in [1.82, 2.24) is 18.7 Å². The second-order valence-corrected chi connectivity index (χ2v) is 21.8. The van der Waals surface area contributed by atoms with Crippen molar-refractivity contribution in [3.8, 4) is 51.3 Å². The van der Waals surface area contributed by atoms with Crippen molar-refractivity contribution < 1.29 is 28.8 Å². The third-order valence-electron chi connectivity index (χ3n) is 14.5. The van der Waals surface area contributed by atoms with Gasteiger partial charge in [0.15, 0.2) is 0 Å². The molecule has 1 aliphatic carbocycles. The van der Waals surface area contributed by atoms with Crippen molar-refractivity contribution in [1.29, 1.82) is 0 Å². The summed E-state index contributed by atoms with van der Waals surface area (Å²) in [5, 5.41) is 2.28. The van der Waals surface area contributed by atoms with Crippen LogP contribution in [-0.2, 0) is 35.6 Å². The first-order valence-electron chi connectivity index (χ1n) is 24.0. The molecule has 3 aromatic heterocycles. The summed E-state index contributed by atoms with van der Waals surface area (Å²) in [4.78, 5) is 4.98. The van der Waals surface area contributed by atoms with Crippen molar-refractivity contribution in [3.63, 3.8) is 0 Å². The number of fused-ring (bicyclic) bond motifs is 13. The average Bonchev–Trinajstić information content (AvgIpc) is 3.95. The molecule has 13 rings (SSSR count). The van der Waals surface area contributed by atoms with Crippen LogP contribution >= 0.6 is 0 Å². The molecular formula is C63H50N4O2Pt. The van der Waals surface area contributed by atoms with Gasteiger partial charge in [0.1, 0.15) is 11.5 Å². The third-order valence-corrected chi connectivity index (χ3v) is 15.5. The number of rotatable bonds is 5. The number of benzene rings is 8. The van der Waals surface area contributed by atoms with E-state index in [4.69, 9.17) is 14.5 Å². The van der Waals surface area contributed by atoms with Crippen molar-refractivity contribution in [2.75, 3.05) is 0 Å². The average molecular weight is 1090 g/mol. The molecule has 344 valence electrons. The fraction of sp³-hybridized carbons (Fsp3) is 0.143. The number of hydrogen-bond donors (Lipinski definition) is 0. The van der Waals surface area contributed by atoms with Gasteiger partial charge in [-0.1, -0.05) is 66.7 Å². The van der Waals surface area contributed by atoms with E-state index in [1.165, 1.54) is 33.4 Å². The van der Waals surface area contributed by atoms with E-state index in [-0.39, 0.29) is 10.8 Å². The quantitative estimate of drug-likeness (QED) is 0.173. The Kier molecular flexibility index (Phi) is 9.42. The molecule has 4 heterocycles. The van der Waals surface area contributed by atoms with Gasteiger partial charge in [0.05, 0.1) is 5.41 Å². The number of para-hydroxylation sites is 4. The summed E-state index contributed by atoms with van der Waals surface area (Å²) in [6, 6.07) is 67.6. The topological polar surface area (TPSA) is 46.1 Å². The first-order chi connectivity index (χ1) is 33.9. The number of ether oxygens (including phenoxy) is 2. The summed E-state index contributed by atoms with van der Waals surface area (Å²) < 4.78 is 21.7. The maximum absolute atomic E-state index is 6.91. The maximum atomic E-state index is 6.91. The molecule has 11 aromatic rings. The van der Waals surface area contributed by atoms with Gasteiger partial charge >= 0.3 is 275 Å². The van der Waals surface area contributed by atoms with Crippen LogP contribution < -0.4 is 9.47 Å². The van der Waals surface area contributed by atoms with E-state index in [1.54, 1.807) is 0 Å². The van der Waals surface area contributed by atoms with Crippen LogP contribution in [0.15, 0.2) is 194 Å². The molecule has 2 aliphatic rings. The Morgan fingerprint density at radius 2 is 1.06 bits per heavy atom. The Morgan fingerprint density at radius 3 is 1.73 bits per heavy atom. The van der Waals surface area contributed by atoms with Crippen LogP contribution in [0.3, 0.4) is 0 Å². The van der Waals surface area contributed by atoms with E-state index >= 15 is 0 Å². The zero-order valence-corrected chi connectivity index (χ0v) is 42.2. The molecule has 0 atom stereocenters. The number of imidazole rings is 1. The molecule has 6 nitrogen and oxygen atoms in total. The van der Waals surface area contributed by atoms with Gasteiger partial charge in [0, 0.05) is 17.3 Å². The van der Waals surface area contributed by atoms with Crippen LogP contribution in [0.5, 0.6) is 23.0 Å². The molecule has 0 N–H and O–H groups in total. The molecule has 1 spiro atoms. The molecule has 0 radical (unpaired) electrons. The number of nitrogens with zero attached hydrogens (tertiary/aromatic N) is 4. The monoisotopic (exact) mass is 1090 g/mol. The second-order valence-electron chi connectivity index (χ2n) is 20.8. The van der Waals surface area contributed by atoms with Crippen molar-refractivity contribution >= 4 is 32.8 Å². The molecule has 1 aliphatic heterocycles. The van der Waals surface area contributed by atoms with Crippen molar-refractivity contribution in [2.45, 2.75) is 57.8 Å². The predicted octanol–water partition coefficient (Wildman–Crippen LogP) is 15.8. The van der Waals surface area contributed by atoms with Crippen LogP contribution in [0.2, 0.25) is 0 Å². The molecule has 0 fully saturated rings. The van der Waals surface area contributed by atoms with E-state index in [1.807, 2.05) is 18.3 Å².